The highest BCUT2D eigenvalue weighted by atomic mass is 16.2. The molecule has 1 heterocycles. The highest BCUT2D eigenvalue weighted by Crippen LogP contribution is 2.30. The molecule has 0 bridgehead atoms. The molecule has 2 N–H and O–H groups in total. The maximum Gasteiger partial charge on any atom is 0.253 e. The number of piperidine rings is 1. The van der Waals surface area contributed by atoms with E-state index in [1.54, 1.807) is 0 Å². The maximum absolute atomic E-state index is 12.9. The molecule has 5 heteroatoms. The molecule has 0 aromatic heterocycles. The van der Waals surface area contributed by atoms with Crippen LogP contribution in [0.25, 0.3) is 0 Å². The van der Waals surface area contributed by atoms with Gasteiger partial charge in [-0.25, -0.2) is 0 Å². The summed E-state index contributed by atoms with van der Waals surface area (Å²) in [6.45, 7) is 10.7. The highest BCUT2D eigenvalue weighted by Gasteiger charge is 2.26. The number of nitrogens with zero attached hydrogens (tertiary/aromatic N) is 1. The van der Waals surface area contributed by atoms with Crippen molar-refractivity contribution in [2.24, 2.45) is 11.3 Å². The number of amides is 2. The quantitative estimate of drug-likeness (QED) is 0.680. The summed E-state index contributed by atoms with van der Waals surface area (Å²) in [4.78, 5) is 27.7. The van der Waals surface area contributed by atoms with Crippen molar-refractivity contribution >= 4 is 23.2 Å². The summed E-state index contributed by atoms with van der Waals surface area (Å²) in [5, 5.41) is 6.13. The molecule has 3 rings (SSSR count). The van der Waals surface area contributed by atoms with E-state index in [0.717, 1.165) is 50.9 Å². The van der Waals surface area contributed by atoms with Gasteiger partial charge in [-0.05, 0) is 68.1 Å². The summed E-state index contributed by atoms with van der Waals surface area (Å²) < 4.78 is 0. The lowest BCUT2D eigenvalue weighted by atomic mass is 9.84. The molecule has 0 radical (unpaired) electrons. The Labute approximate surface area is 175 Å². The van der Waals surface area contributed by atoms with Crippen LogP contribution in [-0.4, -0.2) is 30.9 Å². The van der Waals surface area contributed by atoms with E-state index in [9.17, 15) is 9.59 Å². The van der Waals surface area contributed by atoms with E-state index in [4.69, 9.17) is 0 Å². The monoisotopic (exact) mass is 399 g/mol. The average Bonchev–Trinajstić information content (AvgIpc) is 3.44. The second kappa shape index (κ2) is 9.19. The van der Waals surface area contributed by atoms with E-state index in [1.807, 2.05) is 18.2 Å². The van der Waals surface area contributed by atoms with E-state index in [0.29, 0.717) is 29.6 Å². The van der Waals surface area contributed by atoms with Gasteiger partial charge in [0.15, 0.2) is 0 Å². The van der Waals surface area contributed by atoms with Gasteiger partial charge in [-0.1, -0.05) is 27.7 Å². The SMILES string of the molecule is CC(CC(=O)Nc1ccc(N2CCCCC2)c(C(=O)NC2CC2)c1)CC(C)(C)C. The van der Waals surface area contributed by atoms with Crippen LogP contribution in [0.4, 0.5) is 11.4 Å². The molecule has 0 spiro atoms. The minimum atomic E-state index is -0.0229. The number of hydrogen-bond donors (Lipinski definition) is 2. The van der Waals surface area contributed by atoms with Crippen molar-refractivity contribution in [3.05, 3.63) is 23.8 Å². The van der Waals surface area contributed by atoms with Gasteiger partial charge in [-0.15, -0.1) is 0 Å². The Kier molecular flexibility index (Phi) is 6.86. The molecule has 29 heavy (non-hydrogen) atoms. The fourth-order valence-corrected chi connectivity index (χ4v) is 4.34. The lowest BCUT2D eigenvalue weighted by Gasteiger charge is -2.30. The Balaban J connectivity index is 1.71. The first kappa shape index (κ1) is 21.7. The molecule has 1 atom stereocenters. The van der Waals surface area contributed by atoms with Gasteiger partial charge in [0.25, 0.3) is 5.91 Å². The molecule has 2 fully saturated rings. The van der Waals surface area contributed by atoms with Gasteiger partial charge >= 0.3 is 0 Å². The lowest BCUT2D eigenvalue weighted by molar-refractivity contribution is -0.117. The van der Waals surface area contributed by atoms with Crippen molar-refractivity contribution in [2.75, 3.05) is 23.3 Å². The van der Waals surface area contributed by atoms with Crippen LogP contribution < -0.4 is 15.5 Å². The third kappa shape index (κ3) is 6.76. The summed E-state index contributed by atoms with van der Waals surface area (Å²) >= 11 is 0. The third-order valence-corrected chi connectivity index (χ3v) is 5.63. The number of carbonyl (C=O) groups excluding carboxylic acids is 2. The number of anilines is 2. The molecule has 1 saturated heterocycles. The van der Waals surface area contributed by atoms with E-state index in [-0.39, 0.29) is 17.2 Å². The molecule has 5 nitrogen and oxygen atoms in total. The second-order valence-electron chi connectivity index (χ2n) is 10.1. The van der Waals surface area contributed by atoms with Crippen molar-refractivity contribution < 1.29 is 9.59 Å². The van der Waals surface area contributed by atoms with Gasteiger partial charge < -0.3 is 15.5 Å². The third-order valence-electron chi connectivity index (χ3n) is 5.63. The predicted octanol–water partition coefficient (Wildman–Crippen LogP) is 4.97. The first-order valence-corrected chi connectivity index (χ1v) is 11.2. The lowest BCUT2D eigenvalue weighted by Crippen LogP contribution is -2.33. The van der Waals surface area contributed by atoms with Crippen LogP contribution in [0.3, 0.4) is 0 Å². The Morgan fingerprint density at radius 1 is 1.14 bits per heavy atom. The molecule has 2 aliphatic rings. The predicted molar refractivity (Wildman–Crippen MR) is 119 cm³/mol. The molecule has 1 aromatic carbocycles. The van der Waals surface area contributed by atoms with Crippen LogP contribution >= 0.6 is 0 Å². The summed E-state index contributed by atoms with van der Waals surface area (Å²) in [5.74, 6) is 0.312. The molecule has 1 saturated carbocycles. The fourth-order valence-electron chi connectivity index (χ4n) is 4.34. The average molecular weight is 400 g/mol. The van der Waals surface area contributed by atoms with E-state index < -0.39 is 0 Å². The van der Waals surface area contributed by atoms with Crippen LogP contribution in [0, 0.1) is 11.3 Å². The molecular formula is C24H37N3O2. The highest BCUT2D eigenvalue weighted by molar-refractivity contribution is 6.02. The van der Waals surface area contributed by atoms with Gasteiger partial charge in [-0.2, -0.15) is 0 Å². The minimum Gasteiger partial charge on any atom is -0.371 e. The number of nitrogens with one attached hydrogen (secondary N) is 2. The fraction of sp³-hybridized carbons (Fsp3) is 0.667. The van der Waals surface area contributed by atoms with Crippen molar-refractivity contribution in [3.63, 3.8) is 0 Å². The van der Waals surface area contributed by atoms with Crippen LogP contribution in [0.1, 0.15) is 83.0 Å². The summed E-state index contributed by atoms with van der Waals surface area (Å²) in [6.07, 6.45) is 7.19. The zero-order chi connectivity index (χ0) is 21.0. The Morgan fingerprint density at radius 3 is 2.45 bits per heavy atom. The standard InChI is InChI=1S/C24H37N3O2/c1-17(16-24(2,3)4)14-22(28)25-19-10-11-21(27-12-6-5-7-13-27)20(15-19)23(29)26-18-8-9-18/h10-11,15,17-18H,5-9,12-14,16H2,1-4H3,(H,25,28)(H,26,29). The van der Waals surface area contributed by atoms with Gasteiger partial charge in [0, 0.05) is 36.9 Å². The number of hydrogen-bond acceptors (Lipinski definition) is 3. The van der Waals surface area contributed by atoms with E-state index in [1.165, 1.54) is 6.42 Å². The maximum atomic E-state index is 12.9. The van der Waals surface area contributed by atoms with Gasteiger partial charge in [0.2, 0.25) is 5.91 Å². The van der Waals surface area contributed by atoms with Crippen molar-refractivity contribution in [1.82, 2.24) is 5.32 Å². The van der Waals surface area contributed by atoms with Crippen molar-refractivity contribution in [3.8, 4) is 0 Å². The van der Waals surface area contributed by atoms with Gasteiger partial charge in [0.1, 0.15) is 0 Å². The molecule has 160 valence electrons. The number of benzene rings is 1. The summed E-state index contributed by atoms with van der Waals surface area (Å²) in [7, 11) is 0. The molecule has 1 aliphatic carbocycles. The first-order chi connectivity index (χ1) is 13.7. The number of rotatable bonds is 7. The van der Waals surface area contributed by atoms with Crippen molar-refractivity contribution in [1.29, 1.82) is 0 Å². The van der Waals surface area contributed by atoms with E-state index >= 15 is 0 Å². The first-order valence-electron chi connectivity index (χ1n) is 11.2. The zero-order valence-electron chi connectivity index (χ0n) is 18.5. The van der Waals surface area contributed by atoms with Gasteiger partial charge in [0.05, 0.1) is 5.56 Å². The zero-order valence-corrected chi connectivity index (χ0v) is 18.5. The smallest absolute Gasteiger partial charge is 0.253 e. The molecular weight excluding hydrogens is 362 g/mol. The van der Waals surface area contributed by atoms with Crippen molar-refractivity contribution in [2.45, 2.75) is 78.7 Å². The Bertz CT molecular complexity index is 728. The number of carbonyl (C=O) groups is 2. The molecule has 1 aromatic rings. The Hall–Kier alpha value is -2.04. The molecule has 2 amide bonds. The summed E-state index contributed by atoms with van der Waals surface area (Å²) in [6, 6.07) is 6.10. The van der Waals surface area contributed by atoms with Crippen LogP contribution in [0.2, 0.25) is 0 Å². The minimum absolute atomic E-state index is 0.0148. The second-order valence-corrected chi connectivity index (χ2v) is 10.1. The topological polar surface area (TPSA) is 61.4 Å². The molecule has 1 unspecified atom stereocenters. The largest absolute Gasteiger partial charge is 0.371 e. The Morgan fingerprint density at radius 2 is 1.83 bits per heavy atom. The van der Waals surface area contributed by atoms with Gasteiger partial charge in [-0.3, -0.25) is 9.59 Å². The van der Waals surface area contributed by atoms with Crippen LogP contribution in [0.15, 0.2) is 18.2 Å². The van der Waals surface area contributed by atoms with E-state index in [2.05, 4.69) is 43.2 Å². The molecule has 1 aliphatic heterocycles. The van der Waals surface area contributed by atoms with Crippen LogP contribution in [-0.2, 0) is 4.79 Å². The normalized spacial score (nSPS) is 18.3. The van der Waals surface area contributed by atoms with Crippen LogP contribution in [0.5, 0.6) is 0 Å². The summed E-state index contributed by atoms with van der Waals surface area (Å²) in [5.41, 5.74) is 2.59.